The Balaban J connectivity index is 1.28. The number of sulfonamides is 1. The van der Waals surface area contributed by atoms with Crippen LogP contribution in [-0.2, 0) is 21.4 Å². The molecule has 36 heavy (non-hydrogen) atoms. The maximum atomic E-state index is 13.1. The standard InChI is InChI=1S/C26H34N4O5S/c31-18-21(32)17-29-13-9-22-19(7-4-8-23(22)29)10-16-36(34,35)30-14-11-26(12-15-30)25(33)27-24(28-26)20-5-2-1-3-6-20/h4,7-10,13,16,20-21,31-32H,1-3,5-6,11-12,14-15,17-18H2,(H,27,28,33)/t21-/m0/s1. The maximum absolute atomic E-state index is 13.1. The molecule has 9 nitrogen and oxygen atoms in total. The number of aliphatic hydroxyl groups is 2. The Morgan fingerprint density at radius 2 is 1.92 bits per heavy atom. The lowest BCUT2D eigenvalue weighted by molar-refractivity contribution is -0.125. The summed E-state index contributed by atoms with van der Waals surface area (Å²) in [4.78, 5) is 17.7. The van der Waals surface area contributed by atoms with Crippen molar-refractivity contribution in [3.8, 4) is 0 Å². The van der Waals surface area contributed by atoms with Crippen LogP contribution < -0.4 is 5.32 Å². The summed E-state index contributed by atoms with van der Waals surface area (Å²) in [6.45, 7) is 0.422. The zero-order chi connectivity index (χ0) is 25.3. The smallest absolute Gasteiger partial charge is 0.253 e. The van der Waals surface area contributed by atoms with E-state index < -0.39 is 21.7 Å². The van der Waals surface area contributed by atoms with Crippen molar-refractivity contribution in [2.75, 3.05) is 19.7 Å². The quantitative estimate of drug-likeness (QED) is 0.523. The Labute approximate surface area is 211 Å². The number of aromatic nitrogens is 1. The molecule has 0 unspecified atom stereocenters. The average molecular weight is 515 g/mol. The molecule has 3 heterocycles. The van der Waals surface area contributed by atoms with Gasteiger partial charge in [0.05, 0.1) is 19.3 Å². The minimum atomic E-state index is -3.67. The first kappa shape index (κ1) is 25.1. The van der Waals surface area contributed by atoms with Crippen LogP contribution in [-0.4, -0.2) is 70.6 Å². The molecule has 2 fully saturated rings. The van der Waals surface area contributed by atoms with Crippen molar-refractivity contribution in [3.05, 3.63) is 41.4 Å². The monoisotopic (exact) mass is 514 g/mol. The van der Waals surface area contributed by atoms with Gasteiger partial charge in [-0.2, -0.15) is 4.31 Å². The Morgan fingerprint density at radius 3 is 2.64 bits per heavy atom. The van der Waals surface area contributed by atoms with Crippen LogP contribution in [0.4, 0.5) is 0 Å². The predicted octanol–water partition coefficient (Wildman–Crippen LogP) is 2.24. The molecule has 1 aliphatic carbocycles. The number of fused-ring (bicyclic) bond motifs is 1. The zero-order valence-corrected chi connectivity index (χ0v) is 21.2. The molecule has 1 atom stereocenters. The maximum Gasteiger partial charge on any atom is 0.253 e. The number of amides is 1. The van der Waals surface area contributed by atoms with Gasteiger partial charge in [0.1, 0.15) is 11.4 Å². The van der Waals surface area contributed by atoms with Crippen LogP contribution in [0.1, 0.15) is 50.5 Å². The third kappa shape index (κ3) is 4.87. The lowest BCUT2D eigenvalue weighted by Crippen LogP contribution is -2.50. The van der Waals surface area contributed by atoms with Gasteiger partial charge in [-0.15, -0.1) is 0 Å². The largest absolute Gasteiger partial charge is 0.394 e. The molecule has 1 aromatic carbocycles. The highest BCUT2D eigenvalue weighted by Gasteiger charge is 2.48. The van der Waals surface area contributed by atoms with Gasteiger partial charge in [-0.3, -0.25) is 9.79 Å². The van der Waals surface area contributed by atoms with Crippen molar-refractivity contribution in [1.82, 2.24) is 14.2 Å². The van der Waals surface area contributed by atoms with Crippen molar-refractivity contribution in [3.63, 3.8) is 0 Å². The van der Waals surface area contributed by atoms with Crippen LogP contribution in [0.3, 0.4) is 0 Å². The van der Waals surface area contributed by atoms with Gasteiger partial charge in [0.25, 0.3) is 5.91 Å². The summed E-state index contributed by atoms with van der Waals surface area (Å²) in [6.07, 6.45) is 8.97. The third-order valence-corrected chi connectivity index (χ3v) is 9.35. The minimum Gasteiger partial charge on any atom is -0.394 e. The molecule has 0 radical (unpaired) electrons. The number of hydrogen-bond acceptors (Lipinski definition) is 6. The molecule has 1 saturated heterocycles. The van der Waals surface area contributed by atoms with E-state index in [9.17, 15) is 18.3 Å². The summed E-state index contributed by atoms with van der Waals surface area (Å²) >= 11 is 0. The molecular formula is C26H34N4O5S. The molecular weight excluding hydrogens is 480 g/mol. The summed E-state index contributed by atoms with van der Waals surface area (Å²) in [5, 5.41) is 24.0. The summed E-state index contributed by atoms with van der Waals surface area (Å²) in [7, 11) is -3.67. The summed E-state index contributed by atoms with van der Waals surface area (Å²) in [6, 6.07) is 7.44. The predicted molar refractivity (Wildman–Crippen MR) is 139 cm³/mol. The molecule has 1 saturated carbocycles. The molecule has 1 amide bonds. The third-order valence-electron chi connectivity index (χ3n) is 7.79. The molecule has 1 aromatic heterocycles. The van der Waals surface area contributed by atoms with Crippen LogP contribution in [0.2, 0.25) is 0 Å². The molecule has 2 aliphatic heterocycles. The number of amidine groups is 1. The van der Waals surface area contributed by atoms with Gasteiger partial charge in [-0.05, 0) is 49.5 Å². The van der Waals surface area contributed by atoms with Crippen molar-refractivity contribution < 1.29 is 23.4 Å². The van der Waals surface area contributed by atoms with E-state index in [0.29, 0.717) is 18.8 Å². The topological polar surface area (TPSA) is 124 Å². The molecule has 3 aliphatic rings. The Hall–Kier alpha value is -2.53. The Kier molecular flexibility index (Phi) is 7.04. The van der Waals surface area contributed by atoms with Gasteiger partial charge >= 0.3 is 0 Å². The van der Waals surface area contributed by atoms with E-state index in [-0.39, 0.29) is 32.1 Å². The van der Waals surface area contributed by atoms with Crippen LogP contribution >= 0.6 is 0 Å². The van der Waals surface area contributed by atoms with Gasteiger partial charge in [0.2, 0.25) is 10.0 Å². The number of rotatable bonds is 7. The van der Waals surface area contributed by atoms with E-state index in [0.717, 1.165) is 48.0 Å². The first-order valence-electron chi connectivity index (χ1n) is 12.8. The van der Waals surface area contributed by atoms with Crippen molar-refractivity contribution in [2.45, 2.75) is 63.1 Å². The molecule has 5 rings (SSSR count). The highest BCUT2D eigenvalue weighted by molar-refractivity contribution is 7.92. The van der Waals surface area contributed by atoms with Crippen molar-refractivity contribution in [2.24, 2.45) is 10.9 Å². The highest BCUT2D eigenvalue weighted by atomic mass is 32.2. The number of benzene rings is 1. The first-order chi connectivity index (χ1) is 17.3. The minimum absolute atomic E-state index is 0.0850. The number of nitrogens with one attached hydrogen (secondary N) is 1. The van der Waals surface area contributed by atoms with Crippen molar-refractivity contribution in [1.29, 1.82) is 0 Å². The van der Waals surface area contributed by atoms with E-state index in [1.54, 1.807) is 6.08 Å². The number of aliphatic imine (C=N–C) groups is 1. The summed E-state index contributed by atoms with van der Waals surface area (Å²) in [5.74, 6) is 1.04. The molecule has 2 aromatic rings. The van der Waals surface area contributed by atoms with E-state index in [1.807, 2.05) is 35.0 Å². The highest BCUT2D eigenvalue weighted by Crippen LogP contribution is 2.35. The normalized spacial score (nSPS) is 22.4. The number of hydrogen-bond donors (Lipinski definition) is 3. The SMILES string of the molecule is O=C1NC(C2CCCCC2)=NC12CCN(S(=O)(=O)C=Cc1cccc3c1ccn3C[C@H](O)CO)CC2. The number of nitrogens with zero attached hydrogens (tertiary/aromatic N) is 3. The number of carbonyl (C=O) groups excluding carboxylic acids is 1. The van der Waals surface area contributed by atoms with E-state index in [4.69, 9.17) is 10.1 Å². The lowest BCUT2D eigenvalue weighted by atomic mass is 9.88. The second kappa shape index (κ2) is 10.1. The fourth-order valence-electron chi connectivity index (χ4n) is 5.64. The van der Waals surface area contributed by atoms with Crippen LogP contribution in [0.5, 0.6) is 0 Å². The zero-order valence-electron chi connectivity index (χ0n) is 20.3. The lowest BCUT2D eigenvalue weighted by Gasteiger charge is -2.34. The fourth-order valence-corrected chi connectivity index (χ4v) is 6.82. The molecule has 194 valence electrons. The van der Waals surface area contributed by atoms with E-state index in [2.05, 4.69) is 5.32 Å². The van der Waals surface area contributed by atoms with Gasteiger partial charge < -0.3 is 20.1 Å². The molecule has 10 heteroatoms. The Morgan fingerprint density at radius 1 is 1.17 bits per heavy atom. The fraction of sp³-hybridized carbons (Fsp3) is 0.538. The summed E-state index contributed by atoms with van der Waals surface area (Å²) < 4.78 is 29.5. The first-order valence-corrected chi connectivity index (χ1v) is 14.3. The van der Waals surface area contributed by atoms with Crippen molar-refractivity contribution >= 4 is 38.7 Å². The van der Waals surface area contributed by atoms with Gasteiger partial charge in [-0.25, -0.2) is 8.42 Å². The van der Waals surface area contributed by atoms with E-state index >= 15 is 0 Å². The molecule has 0 bridgehead atoms. The van der Waals surface area contributed by atoms with Gasteiger partial charge in [-0.1, -0.05) is 31.4 Å². The molecule has 1 spiro atoms. The summed E-state index contributed by atoms with van der Waals surface area (Å²) in [5.41, 5.74) is 0.760. The second-order valence-electron chi connectivity index (χ2n) is 10.1. The van der Waals surface area contributed by atoms with Crippen LogP contribution in [0.25, 0.3) is 17.0 Å². The van der Waals surface area contributed by atoms with Crippen LogP contribution in [0, 0.1) is 5.92 Å². The number of carbonyl (C=O) groups is 1. The number of piperidine rings is 1. The van der Waals surface area contributed by atoms with Gasteiger partial charge in [0, 0.05) is 41.5 Å². The number of aliphatic hydroxyl groups excluding tert-OH is 2. The van der Waals surface area contributed by atoms with Crippen LogP contribution in [0.15, 0.2) is 40.9 Å². The average Bonchev–Trinajstić information content (AvgIpc) is 3.44. The second-order valence-corrected chi connectivity index (χ2v) is 12.0. The van der Waals surface area contributed by atoms with E-state index in [1.165, 1.54) is 16.1 Å². The Bertz CT molecular complexity index is 1280. The van der Waals surface area contributed by atoms with Gasteiger partial charge in [0.15, 0.2) is 0 Å². The molecule has 3 N–H and O–H groups in total.